The Bertz CT molecular complexity index is 382. The Morgan fingerprint density at radius 2 is 2.18 bits per heavy atom. The number of aromatic nitrogens is 2. The number of hydrogen-bond donors (Lipinski definition) is 0. The second-order valence-corrected chi connectivity index (χ2v) is 12.4. The lowest BCUT2D eigenvalue weighted by molar-refractivity contribution is 0.0851. The van der Waals surface area contributed by atoms with E-state index in [0.29, 0.717) is 12.6 Å². The molecule has 96 valence electrons. The molecule has 1 aromatic heterocycles. The lowest BCUT2D eigenvalue weighted by Crippen LogP contribution is -2.22. The van der Waals surface area contributed by atoms with Gasteiger partial charge < -0.3 is 9.30 Å². The Kier molecular flexibility index (Phi) is 4.10. The van der Waals surface area contributed by atoms with Crippen molar-refractivity contribution in [2.75, 3.05) is 6.61 Å². The summed E-state index contributed by atoms with van der Waals surface area (Å²) in [7, 11) is -0.972. The number of imidazole rings is 1. The van der Waals surface area contributed by atoms with E-state index in [1.807, 2.05) is 6.20 Å². The summed E-state index contributed by atoms with van der Waals surface area (Å²) in [6.45, 7) is 8.64. The van der Waals surface area contributed by atoms with Gasteiger partial charge in [-0.05, 0) is 34.8 Å². The molecule has 0 spiro atoms. The molecule has 5 heteroatoms. The minimum Gasteiger partial charge on any atom is -0.361 e. The van der Waals surface area contributed by atoms with E-state index < -0.39 is 8.07 Å². The molecule has 1 fully saturated rings. The summed E-state index contributed by atoms with van der Waals surface area (Å²) in [6, 6.07) is 1.22. The van der Waals surface area contributed by atoms with Crippen molar-refractivity contribution in [3.05, 3.63) is 16.6 Å². The smallest absolute Gasteiger partial charge is 0.124 e. The Morgan fingerprint density at radius 3 is 2.76 bits per heavy atom. The summed E-state index contributed by atoms with van der Waals surface area (Å²) < 4.78 is 8.83. The van der Waals surface area contributed by atoms with E-state index in [-0.39, 0.29) is 0 Å². The van der Waals surface area contributed by atoms with Crippen LogP contribution in [-0.4, -0.2) is 24.2 Å². The van der Waals surface area contributed by atoms with E-state index in [1.54, 1.807) is 0 Å². The highest BCUT2D eigenvalue weighted by Gasteiger charge is 2.28. The van der Waals surface area contributed by atoms with E-state index in [4.69, 9.17) is 4.74 Å². The van der Waals surface area contributed by atoms with Gasteiger partial charge in [0.1, 0.15) is 17.2 Å². The first-order valence-corrected chi connectivity index (χ1v) is 10.8. The summed E-state index contributed by atoms with van der Waals surface area (Å²) >= 11 is 3.44. The third-order valence-electron chi connectivity index (χ3n) is 2.95. The zero-order valence-corrected chi connectivity index (χ0v) is 13.5. The molecule has 0 N–H and O–H groups in total. The van der Waals surface area contributed by atoms with E-state index in [1.165, 1.54) is 24.7 Å². The van der Waals surface area contributed by atoms with Crippen molar-refractivity contribution in [2.45, 2.75) is 51.2 Å². The Hall–Kier alpha value is -0.133. The van der Waals surface area contributed by atoms with Crippen molar-refractivity contribution in [1.29, 1.82) is 0 Å². The minimum atomic E-state index is -0.972. The van der Waals surface area contributed by atoms with Gasteiger partial charge in [0.15, 0.2) is 0 Å². The molecule has 1 aromatic rings. The van der Waals surface area contributed by atoms with Gasteiger partial charge in [-0.3, -0.25) is 0 Å². The second-order valence-electron chi connectivity index (χ2n) is 6.01. The van der Waals surface area contributed by atoms with Crippen LogP contribution in [0.5, 0.6) is 0 Å². The van der Waals surface area contributed by atoms with Gasteiger partial charge >= 0.3 is 0 Å². The topological polar surface area (TPSA) is 27.1 Å². The first-order valence-electron chi connectivity index (χ1n) is 6.26. The van der Waals surface area contributed by atoms with Gasteiger partial charge in [-0.25, -0.2) is 4.98 Å². The monoisotopic (exact) mass is 316 g/mol. The van der Waals surface area contributed by atoms with Gasteiger partial charge in [-0.1, -0.05) is 19.6 Å². The lowest BCUT2D eigenvalue weighted by atomic mass is 10.4. The van der Waals surface area contributed by atoms with Crippen molar-refractivity contribution in [3.8, 4) is 0 Å². The summed E-state index contributed by atoms with van der Waals surface area (Å²) in [5, 5.41) is 0. The standard InChI is InChI=1S/C12H21BrN2OSi/c1-17(2,3)7-6-16-9-15-8-11(13)14-12(15)10-4-5-10/h8,10H,4-7,9H2,1-3H3. The molecule has 0 radical (unpaired) electrons. The zero-order chi connectivity index (χ0) is 12.5. The summed E-state index contributed by atoms with van der Waals surface area (Å²) in [6.07, 6.45) is 4.58. The Labute approximate surface area is 113 Å². The maximum Gasteiger partial charge on any atom is 0.124 e. The van der Waals surface area contributed by atoms with Gasteiger partial charge in [-0.15, -0.1) is 0 Å². The molecule has 0 atom stereocenters. The molecule has 0 unspecified atom stereocenters. The molecule has 0 aromatic carbocycles. The van der Waals surface area contributed by atoms with Gasteiger partial charge in [0, 0.05) is 26.8 Å². The largest absolute Gasteiger partial charge is 0.361 e. The molecule has 0 amide bonds. The molecule has 1 aliphatic carbocycles. The van der Waals surface area contributed by atoms with Crippen LogP contribution < -0.4 is 0 Å². The maximum atomic E-state index is 5.76. The molecular weight excluding hydrogens is 296 g/mol. The quantitative estimate of drug-likeness (QED) is 0.589. The first-order chi connectivity index (χ1) is 7.96. The number of halogens is 1. The van der Waals surface area contributed by atoms with Gasteiger partial charge in [-0.2, -0.15) is 0 Å². The molecule has 0 saturated heterocycles. The maximum absolute atomic E-state index is 5.76. The SMILES string of the molecule is C[Si](C)(C)CCOCn1cc(Br)nc1C1CC1. The van der Waals surface area contributed by atoms with E-state index >= 15 is 0 Å². The fourth-order valence-corrected chi connectivity index (χ4v) is 2.89. The van der Waals surface area contributed by atoms with Gasteiger partial charge in [0.2, 0.25) is 0 Å². The van der Waals surface area contributed by atoms with Crippen LogP contribution in [0.4, 0.5) is 0 Å². The highest BCUT2D eigenvalue weighted by atomic mass is 79.9. The molecule has 0 aliphatic heterocycles. The predicted molar refractivity (Wildman–Crippen MR) is 76.0 cm³/mol. The zero-order valence-electron chi connectivity index (χ0n) is 10.9. The summed E-state index contributed by atoms with van der Waals surface area (Å²) in [5.41, 5.74) is 0. The van der Waals surface area contributed by atoms with Crippen molar-refractivity contribution in [1.82, 2.24) is 9.55 Å². The van der Waals surface area contributed by atoms with Crippen molar-refractivity contribution in [3.63, 3.8) is 0 Å². The van der Waals surface area contributed by atoms with Crippen LogP contribution in [-0.2, 0) is 11.5 Å². The third-order valence-corrected chi connectivity index (χ3v) is 5.03. The fourth-order valence-electron chi connectivity index (χ4n) is 1.71. The molecule has 3 nitrogen and oxygen atoms in total. The molecule has 1 aliphatic rings. The molecular formula is C12H21BrN2OSi. The van der Waals surface area contributed by atoms with Crippen LogP contribution in [0.2, 0.25) is 25.7 Å². The number of nitrogens with zero attached hydrogens (tertiary/aromatic N) is 2. The van der Waals surface area contributed by atoms with E-state index in [2.05, 4.69) is 45.1 Å². The van der Waals surface area contributed by atoms with Crippen molar-refractivity contribution in [2.24, 2.45) is 0 Å². The average molecular weight is 317 g/mol. The van der Waals surface area contributed by atoms with Crippen LogP contribution in [0, 0.1) is 0 Å². The normalized spacial score (nSPS) is 16.5. The van der Waals surface area contributed by atoms with Crippen LogP contribution in [0.3, 0.4) is 0 Å². The Morgan fingerprint density at radius 1 is 1.47 bits per heavy atom. The minimum absolute atomic E-state index is 0.648. The predicted octanol–water partition coefficient (Wildman–Crippen LogP) is 3.84. The van der Waals surface area contributed by atoms with Gasteiger partial charge in [0.25, 0.3) is 0 Å². The van der Waals surface area contributed by atoms with Crippen molar-refractivity contribution >= 4 is 24.0 Å². The van der Waals surface area contributed by atoms with Gasteiger partial charge in [0.05, 0.1) is 0 Å². The Balaban J connectivity index is 1.82. The van der Waals surface area contributed by atoms with E-state index in [0.717, 1.165) is 11.2 Å². The van der Waals surface area contributed by atoms with Crippen molar-refractivity contribution < 1.29 is 4.74 Å². The number of hydrogen-bond acceptors (Lipinski definition) is 2. The van der Waals surface area contributed by atoms with Crippen LogP contribution in [0.25, 0.3) is 0 Å². The van der Waals surface area contributed by atoms with Crippen LogP contribution in [0.15, 0.2) is 10.8 Å². The highest BCUT2D eigenvalue weighted by molar-refractivity contribution is 9.10. The average Bonchev–Trinajstić information content (AvgIpc) is 2.97. The van der Waals surface area contributed by atoms with Crippen LogP contribution >= 0.6 is 15.9 Å². The third kappa shape index (κ3) is 4.23. The lowest BCUT2D eigenvalue weighted by Gasteiger charge is -2.16. The fraction of sp³-hybridized carbons (Fsp3) is 0.750. The molecule has 1 saturated carbocycles. The number of rotatable bonds is 6. The molecule has 1 heterocycles. The summed E-state index contributed by atoms with van der Waals surface area (Å²) in [4.78, 5) is 4.51. The summed E-state index contributed by atoms with van der Waals surface area (Å²) in [5.74, 6) is 1.85. The van der Waals surface area contributed by atoms with E-state index in [9.17, 15) is 0 Å². The highest BCUT2D eigenvalue weighted by Crippen LogP contribution is 2.39. The first kappa shape index (κ1) is 13.3. The second kappa shape index (κ2) is 5.24. The number of ether oxygens (including phenoxy) is 1. The molecule has 2 rings (SSSR count). The molecule has 0 bridgehead atoms. The van der Waals surface area contributed by atoms with Crippen LogP contribution in [0.1, 0.15) is 24.6 Å². The molecule has 17 heavy (non-hydrogen) atoms.